The molecule has 3 rings (SSSR count). The van der Waals surface area contributed by atoms with Crippen LogP contribution in [-0.4, -0.2) is 15.0 Å². The van der Waals surface area contributed by atoms with E-state index in [1.165, 1.54) is 5.56 Å². The van der Waals surface area contributed by atoms with Crippen molar-refractivity contribution in [2.75, 3.05) is 0 Å². The second-order valence-corrected chi connectivity index (χ2v) is 5.35. The Balaban J connectivity index is 1.96. The van der Waals surface area contributed by atoms with Crippen molar-refractivity contribution >= 4 is 11.0 Å². The van der Waals surface area contributed by atoms with Crippen LogP contribution in [0.3, 0.4) is 0 Å². The van der Waals surface area contributed by atoms with Crippen molar-refractivity contribution in [3.8, 4) is 5.75 Å². The van der Waals surface area contributed by atoms with Gasteiger partial charge < -0.3 is 4.74 Å². The molecule has 1 unspecified atom stereocenters. The van der Waals surface area contributed by atoms with E-state index in [9.17, 15) is 0 Å². The summed E-state index contributed by atoms with van der Waals surface area (Å²) in [7, 11) is 0. The molecule has 114 valence electrons. The molecule has 0 saturated carbocycles. The molecule has 0 fully saturated rings. The van der Waals surface area contributed by atoms with Crippen molar-refractivity contribution in [1.29, 1.82) is 0 Å². The molecule has 0 radical (unpaired) electrons. The van der Waals surface area contributed by atoms with Gasteiger partial charge >= 0.3 is 0 Å². The molecule has 0 N–H and O–H groups in total. The fraction of sp³-hybridized carbons (Fsp3) is 0.333. The monoisotopic (exact) mass is 295 g/mol. The van der Waals surface area contributed by atoms with Crippen LogP contribution in [0.4, 0.5) is 0 Å². The quantitative estimate of drug-likeness (QED) is 0.678. The van der Waals surface area contributed by atoms with Gasteiger partial charge in [0, 0.05) is 6.42 Å². The number of hydrogen-bond acceptors (Lipinski definition) is 3. The van der Waals surface area contributed by atoms with Crippen molar-refractivity contribution in [2.24, 2.45) is 0 Å². The Bertz CT molecular complexity index is 751. The van der Waals surface area contributed by atoms with E-state index in [-0.39, 0.29) is 6.23 Å². The van der Waals surface area contributed by atoms with Crippen molar-refractivity contribution in [3.05, 3.63) is 54.1 Å². The number of benzene rings is 2. The molecule has 1 atom stereocenters. The second-order valence-electron chi connectivity index (χ2n) is 5.35. The lowest BCUT2D eigenvalue weighted by molar-refractivity contribution is 0.109. The van der Waals surface area contributed by atoms with E-state index >= 15 is 0 Å². The number of ether oxygens (including phenoxy) is 1. The molecular formula is C18H21N3O. The van der Waals surface area contributed by atoms with E-state index in [1.54, 1.807) is 0 Å². The number of fused-ring (bicyclic) bond motifs is 1. The molecule has 2 aromatic carbocycles. The van der Waals surface area contributed by atoms with Gasteiger partial charge in [-0.05, 0) is 30.2 Å². The highest BCUT2D eigenvalue weighted by atomic mass is 16.5. The van der Waals surface area contributed by atoms with Crippen LogP contribution in [0.5, 0.6) is 5.75 Å². The molecule has 0 spiro atoms. The third-order valence-electron chi connectivity index (χ3n) is 3.80. The Labute approximate surface area is 130 Å². The average Bonchev–Trinajstić information content (AvgIpc) is 2.99. The minimum Gasteiger partial charge on any atom is -0.468 e. The lowest BCUT2D eigenvalue weighted by atomic mass is 10.1. The van der Waals surface area contributed by atoms with Crippen LogP contribution < -0.4 is 4.74 Å². The van der Waals surface area contributed by atoms with Gasteiger partial charge in [-0.25, -0.2) is 4.68 Å². The topological polar surface area (TPSA) is 39.9 Å². The number of hydrogen-bond donors (Lipinski definition) is 0. The first-order valence-electron chi connectivity index (χ1n) is 7.88. The third-order valence-corrected chi connectivity index (χ3v) is 3.80. The Hall–Kier alpha value is -2.36. The van der Waals surface area contributed by atoms with E-state index in [0.29, 0.717) is 0 Å². The standard InChI is InChI=1S/C18H21N3O/c1-3-9-18(22-17-13-8-5-10-14(17)4-2)21-16-12-7-6-11-15(16)19-20-21/h5-8,10-13,18H,3-4,9H2,1-2H3. The number of nitrogens with zero attached hydrogens (tertiary/aromatic N) is 3. The Kier molecular flexibility index (Phi) is 4.37. The van der Waals surface area contributed by atoms with Crippen LogP contribution in [0, 0.1) is 0 Å². The molecular weight excluding hydrogens is 274 g/mol. The summed E-state index contributed by atoms with van der Waals surface area (Å²) in [6.45, 7) is 4.29. The van der Waals surface area contributed by atoms with E-state index in [1.807, 2.05) is 47.1 Å². The maximum Gasteiger partial charge on any atom is 0.193 e. The molecule has 0 bridgehead atoms. The summed E-state index contributed by atoms with van der Waals surface area (Å²) in [4.78, 5) is 0. The Morgan fingerprint density at radius 2 is 1.82 bits per heavy atom. The minimum atomic E-state index is -0.134. The average molecular weight is 295 g/mol. The summed E-state index contributed by atoms with van der Waals surface area (Å²) in [6.07, 6.45) is 2.73. The number of rotatable bonds is 6. The van der Waals surface area contributed by atoms with Crippen molar-refractivity contribution < 1.29 is 4.74 Å². The molecule has 3 aromatic rings. The van der Waals surface area contributed by atoms with E-state index < -0.39 is 0 Å². The van der Waals surface area contributed by atoms with Gasteiger partial charge in [-0.15, -0.1) is 5.10 Å². The van der Waals surface area contributed by atoms with Gasteiger partial charge in [0.25, 0.3) is 0 Å². The predicted octanol–water partition coefficient (Wildman–Crippen LogP) is 4.37. The smallest absolute Gasteiger partial charge is 0.193 e. The first kappa shape index (κ1) is 14.6. The molecule has 0 amide bonds. The zero-order valence-corrected chi connectivity index (χ0v) is 13.1. The predicted molar refractivity (Wildman–Crippen MR) is 87.9 cm³/mol. The highest BCUT2D eigenvalue weighted by molar-refractivity contribution is 5.73. The summed E-state index contributed by atoms with van der Waals surface area (Å²) >= 11 is 0. The van der Waals surface area contributed by atoms with Crippen LogP contribution in [0.25, 0.3) is 11.0 Å². The van der Waals surface area contributed by atoms with Crippen molar-refractivity contribution in [1.82, 2.24) is 15.0 Å². The fourth-order valence-electron chi connectivity index (χ4n) is 2.64. The van der Waals surface area contributed by atoms with Crippen LogP contribution in [0.15, 0.2) is 48.5 Å². The zero-order chi connectivity index (χ0) is 15.4. The maximum atomic E-state index is 6.29. The van der Waals surface area contributed by atoms with Gasteiger partial charge in [0.05, 0.1) is 5.52 Å². The van der Waals surface area contributed by atoms with E-state index in [4.69, 9.17) is 4.74 Å². The summed E-state index contributed by atoms with van der Waals surface area (Å²) in [5, 5.41) is 8.55. The summed E-state index contributed by atoms with van der Waals surface area (Å²) < 4.78 is 8.18. The first-order chi connectivity index (χ1) is 10.8. The lowest BCUT2D eigenvalue weighted by Gasteiger charge is -2.20. The molecule has 4 nitrogen and oxygen atoms in total. The maximum absolute atomic E-state index is 6.29. The van der Waals surface area contributed by atoms with Gasteiger partial charge in [0.15, 0.2) is 6.23 Å². The SMILES string of the molecule is CCCC(Oc1ccccc1CC)n1nnc2ccccc21. The molecule has 22 heavy (non-hydrogen) atoms. The molecule has 0 aliphatic heterocycles. The first-order valence-corrected chi connectivity index (χ1v) is 7.88. The van der Waals surface area contributed by atoms with E-state index in [2.05, 4.69) is 30.2 Å². The normalized spacial score (nSPS) is 12.5. The van der Waals surface area contributed by atoms with Gasteiger partial charge in [-0.2, -0.15) is 0 Å². The number of aryl methyl sites for hydroxylation is 1. The van der Waals surface area contributed by atoms with Crippen LogP contribution in [0.1, 0.15) is 38.5 Å². The van der Waals surface area contributed by atoms with Crippen molar-refractivity contribution in [3.63, 3.8) is 0 Å². The van der Waals surface area contributed by atoms with Crippen LogP contribution in [0.2, 0.25) is 0 Å². The fourth-order valence-corrected chi connectivity index (χ4v) is 2.64. The second kappa shape index (κ2) is 6.60. The summed E-state index contributed by atoms with van der Waals surface area (Å²) in [5.41, 5.74) is 3.12. The highest BCUT2D eigenvalue weighted by Crippen LogP contribution is 2.26. The van der Waals surface area contributed by atoms with Crippen molar-refractivity contribution in [2.45, 2.75) is 39.3 Å². The molecule has 1 heterocycles. The molecule has 1 aromatic heterocycles. The Morgan fingerprint density at radius 1 is 1.05 bits per heavy atom. The number of para-hydroxylation sites is 2. The molecule has 0 aliphatic carbocycles. The Morgan fingerprint density at radius 3 is 2.64 bits per heavy atom. The van der Waals surface area contributed by atoms with Gasteiger partial charge in [0.1, 0.15) is 11.3 Å². The van der Waals surface area contributed by atoms with Crippen LogP contribution >= 0.6 is 0 Å². The van der Waals surface area contributed by atoms with E-state index in [0.717, 1.165) is 36.0 Å². The summed E-state index contributed by atoms with van der Waals surface area (Å²) in [5.74, 6) is 0.933. The highest BCUT2D eigenvalue weighted by Gasteiger charge is 2.17. The zero-order valence-electron chi connectivity index (χ0n) is 13.1. The largest absolute Gasteiger partial charge is 0.468 e. The third kappa shape index (κ3) is 2.82. The number of aromatic nitrogens is 3. The molecule has 0 aliphatic rings. The van der Waals surface area contributed by atoms with Gasteiger partial charge in [0.2, 0.25) is 0 Å². The van der Waals surface area contributed by atoms with Gasteiger partial charge in [-0.3, -0.25) is 0 Å². The minimum absolute atomic E-state index is 0.134. The molecule has 4 heteroatoms. The molecule has 0 saturated heterocycles. The van der Waals surface area contributed by atoms with Crippen LogP contribution in [-0.2, 0) is 6.42 Å². The lowest BCUT2D eigenvalue weighted by Crippen LogP contribution is -2.18. The summed E-state index contributed by atoms with van der Waals surface area (Å²) in [6, 6.07) is 16.2. The van der Waals surface area contributed by atoms with Gasteiger partial charge in [-0.1, -0.05) is 55.8 Å².